The third-order valence-electron chi connectivity index (χ3n) is 5.55. The van der Waals surface area contributed by atoms with Crippen LogP contribution in [0.25, 0.3) is 0 Å². The second kappa shape index (κ2) is 5.49. The molecule has 2 heterocycles. The van der Waals surface area contributed by atoms with Crippen molar-refractivity contribution in [1.82, 2.24) is 0 Å². The highest BCUT2D eigenvalue weighted by atomic mass is 16.6. The number of fused-ring (bicyclic) bond motifs is 3. The Morgan fingerprint density at radius 2 is 1.25 bits per heavy atom. The van der Waals surface area contributed by atoms with Crippen molar-refractivity contribution in [1.29, 1.82) is 10.5 Å². The molecule has 6 heteroatoms. The van der Waals surface area contributed by atoms with E-state index in [2.05, 4.69) is 21.9 Å². The van der Waals surface area contributed by atoms with E-state index in [4.69, 9.17) is 9.47 Å². The molecule has 0 amide bonds. The number of anilines is 2. The third-order valence-corrected chi connectivity index (χ3v) is 5.55. The highest BCUT2D eigenvalue weighted by Crippen LogP contribution is 2.53. The Labute approximate surface area is 141 Å². The van der Waals surface area contributed by atoms with E-state index >= 15 is 0 Å². The van der Waals surface area contributed by atoms with Crippen molar-refractivity contribution in [3.8, 4) is 23.6 Å². The van der Waals surface area contributed by atoms with Gasteiger partial charge in [0.05, 0.1) is 11.4 Å². The lowest BCUT2D eigenvalue weighted by Crippen LogP contribution is -2.55. The number of benzene rings is 1. The van der Waals surface area contributed by atoms with Crippen LogP contribution in [0.5, 0.6) is 11.5 Å². The van der Waals surface area contributed by atoms with Gasteiger partial charge in [-0.25, -0.2) is 0 Å². The zero-order chi connectivity index (χ0) is 16.8. The van der Waals surface area contributed by atoms with Gasteiger partial charge in [0.1, 0.15) is 36.5 Å². The van der Waals surface area contributed by atoms with Crippen molar-refractivity contribution >= 4 is 11.4 Å². The SMILES string of the molecule is CN1c2c(C#N)c3c(c(C#N)c2N(C)C2CCCCC21)OCCO3. The Bertz CT molecular complexity index is 712. The van der Waals surface area contributed by atoms with Crippen molar-refractivity contribution in [2.45, 2.75) is 37.8 Å². The minimum atomic E-state index is 0.359. The van der Waals surface area contributed by atoms with Gasteiger partial charge in [0.15, 0.2) is 11.5 Å². The van der Waals surface area contributed by atoms with Gasteiger partial charge in [-0.05, 0) is 12.8 Å². The van der Waals surface area contributed by atoms with E-state index in [1.165, 1.54) is 12.8 Å². The predicted molar refractivity (Wildman–Crippen MR) is 89.7 cm³/mol. The normalized spacial score (nSPS) is 24.5. The molecular formula is C18H20N4O2. The van der Waals surface area contributed by atoms with Crippen LogP contribution in [0.4, 0.5) is 11.4 Å². The maximum atomic E-state index is 9.80. The fourth-order valence-electron chi connectivity index (χ4n) is 4.46. The molecule has 0 aromatic heterocycles. The summed E-state index contributed by atoms with van der Waals surface area (Å²) >= 11 is 0. The van der Waals surface area contributed by atoms with Crippen molar-refractivity contribution in [2.24, 2.45) is 0 Å². The first-order valence-corrected chi connectivity index (χ1v) is 8.44. The van der Waals surface area contributed by atoms with Gasteiger partial charge in [-0.1, -0.05) is 12.8 Å². The zero-order valence-electron chi connectivity index (χ0n) is 14.0. The van der Waals surface area contributed by atoms with Gasteiger partial charge >= 0.3 is 0 Å². The summed E-state index contributed by atoms with van der Waals surface area (Å²) in [6.07, 6.45) is 4.61. The molecule has 0 radical (unpaired) electrons. The summed E-state index contributed by atoms with van der Waals surface area (Å²) < 4.78 is 11.5. The molecule has 1 saturated carbocycles. The van der Waals surface area contributed by atoms with Gasteiger partial charge in [0.2, 0.25) is 0 Å². The molecule has 0 saturated heterocycles. The first-order chi connectivity index (χ1) is 11.7. The monoisotopic (exact) mass is 324 g/mol. The largest absolute Gasteiger partial charge is 0.485 e. The fourth-order valence-corrected chi connectivity index (χ4v) is 4.46. The number of hydrogen-bond donors (Lipinski definition) is 0. The molecule has 3 aliphatic rings. The molecule has 2 aliphatic heterocycles. The molecule has 1 aromatic carbocycles. The van der Waals surface area contributed by atoms with E-state index in [9.17, 15) is 10.5 Å². The lowest BCUT2D eigenvalue weighted by molar-refractivity contribution is 0.170. The van der Waals surface area contributed by atoms with Crippen LogP contribution in [0.2, 0.25) is 0 Å². The molecule has 124 valence electrons. The van der Waals surface area contributed by atoms with Crippen LogP contribution in [0.15, 0.2) is 0 Å². The number of likely N-dealkylation sites (N-methyl/N-ethyl adjacent to an activating group) is 2. The zero-order valence-corrected chi connectivity index (χ0v) is 14.0. The maximum Gasteiger partial charge on any atom is 0.182 e. The highest BCUT2D eigenvalue weighted by Gasteiger charge is 2.42. The molecular weight excluding hydrogens is 304 g/mol. The Kier molecular flexibility index (Phi) is 3.42. The van der Waals surface area contributed by atoms with Crippen LogP contribution in [-0.4, -0.2) is 39.4 Å². The summed E-state index contributed by atoms with van der Waals surface area (Å²) in [7, 11) is 4.07. The second-order valence-electron chi connectivity index (χ2n) is 6.67. The Morgan fingerprint density at radius 1 is 0.833 bits per heavy atom. The van der Waals surface area contributed by atoms with E-state index in [0.29, 0.717) is 47.9 Å². The molecule has 24 heavy (non-hydrogen) atoms. The first kappa shape index (κ1) is 15.0. The van der Waals surface area contributed by atoms with Crippen LogP contribution < -0.4 is 19.3 Å². The number of hydrogen-bond acceptors (Lipinski definition) is 6. The fraction of sp³-hybridized carbons (Fsp3) is 0.556. The van der Waals surface area contributed by atoms with Crippen LogP contribution in [0, 0.1) is 22.7 Å². The topological polar surface area (TPSA) is 72.5 Å². The summed E-state index contributed by atoms with van der Waals surface area (Å²) in [6, 6.07) is 5.31. The molecule has 0 spiro atoms. The molecule has 2 atom stereocenters. The Balaban J connectivity index is 2.03. The Hall–Kier alpha value is -2.60. The molecule has 1 aliphatic carbocycles. The molecule has 6 nitrogen and oxygen atoms in total. The van der Waals surface area contributed by atoms with Crippen LogP contribution in [0.1, 0.15) is 36.8 Å². The van der Waals surface area contributed by atoms with Crippen molar-refractivity contribution in [3.05, 3.63) is 11.1 Å². The van der Waals surface area contributed by atoms with Gasteiger partial charge < -0.3 is 19.3 Å². The second-order valence-corrected chi connectivity index (χ2v) is 6.67. The van der Waals surface area contributed by atoms with Gasteiger partial charge in [-0.15, -0.1) is 0 Å². The molecule has 1 fully saturated rings. The minimum Gasteiger partial charge on any atom is -0.485 e. The lowest BCUT2D eigenvalue weighted by Gasteiger charge is -2.50. The average Bonchev–Trinajstić information content (AvgIpc) is 2.64. The van der Waals surface area contributed by atoms with E-state index in [1.54, 1.807) is 0 Å². The standard InChI is InChI=1S/C18H20N4O2/c1-21-13-5-3-4-6-14(13)22(2)16-12(10-20)18-17(23-7-8-24-18)11(9-19)15(16)21/h13-14H,3-8H2,1-2H3. The first-order valence-electron chi connectivity index (χ1n) is 8.44. The smallest absolute Gasteiger partial charge is 0.182 e. The summed E-state index contributed by atoms with van der Waals surface area (Å²) in [5, 5.41) is 19.6. The van der Waals surface area contributed by atoms with Gasteiger partial charge in [-0.3, -0.25) is 0 Å². The summed E-state index contributed by atoms with van der Waals surface area (Å²) in [6.45, 7) is 0.799. The quantitative estimate of drug-likeness (QED) is 0.729. The molecule has 0 N–H and O–H groups in total. The predicted octanol–water partition coefficient (Wildman–Crippen LogP) is 2.40. The number of nitrogens with zero attached hydrogens (tertiary/aromatic N) is 4. The van der Waals surface area contributed by atoms with Crippen molar-refractivity contribution in [2.75, 3.05) is 37.1 Å². The van der Waals surface area contributed by atoms with Crippen molar-refractivity contribution < 1.29 is 9.47 Å². The number of nitriles is 2. The average molecular weight is 324 g/mol. The number of ether oxygens (including phenoxy) is 2. The van der Waals surface area contributed by atoms with Crippen LogP contribution >= 0.6 is 0 Å². The van der Waals surface area contributed by atoms with E-state index in [0.717, 1.165) is 24.2 Å². The van der Waals surface area contributed by atoms with Gasteiger partial charge in [0, 0.05) is 26.2 Å². The summed E-state index contributed by atoms with van der Waals surface area (Å²) in [5.41, 5.74) is 2.59. The molecule has 2 unspecified atom stereocenters. The van der Waals surface area contributed by atoms with Crippen LogP contribution in [0.3, 0.4) is 0 Å². The highest BCUT2D eigenvalue weighted by molar-refractivity contribution is 5.90. The van der Waals surface area contributed by atoms with E-state index < -0.39 is 0 Å². The molecule has 0 bridgehead atoms. The van der Waals surface area contributed by atoms with E-state index in [1.807, 2.05) is 14.1 Å². The summed E-state index contributed by atoms with van der Waals surface area (Å²) in [5.74, 6) is 0.849. The Morgan fingerprint density at radius 3 is 1.62 bits per heavy atom. The van der Waals surface area contributed by atoms with Gasteiger partial charge in [-0.2, -0.15) is 10.5 Å². The van der Waals surface area contributed by atoms with E-state index in [-0.39, 0.29) is 0 Å². The molecule has 4 rings (SSSR count). The van der Waals surface area contributed by atoms with Gasteiger partial charge in [0.25, 0.3) is 0 Å². The third kappa shape index (κ3) is 1.86. The summed E-state index contributed by atoms with van der Waals surface area (Å²) in [4.78, 5) is 4.38. The lowest BCUT2D eigenvalue weighted by atomic mass is 9.84. The minimum absolute atomic E-state index is 0.359. The maximum absolute atomic E-state index is 9.80. The van der Waals surface area contributed by atoms with Crippen LogP contribution in [-0.2, 0) is 0 Å². The van der Waals surface area contributed by atoms with Crippen molar-refractivity contribution in [3.63, 3.8) is 0 Å². The number of rotatable bonds is 0. The molecule has 1 aromatic rings.